The molecule has 0 aliphatic heterocycles. The standard InChI is InChI=1S/C16H21NO/c18-16(17-13-9-5-2-6-10-13)15-11-14(15)12-7-3-1-4-8-12/h1,3-4,7-8,13-15H,2,5-6,9-11H2,(H,17,18)/t14-,15+/m0/s1. The van der Waals surface area contributed by atoms with E-state index in [4.69, 9.17) is 0 Å². The van der Waals surface area contributed by atoms with Crippen molar-refractivity contribution < 1.29 is 4.79 Å². The van der Waals surface area contributed by atoms with Crippen LogP contribution in [0.4, 0.5) is 0 Å². The van der Waals surface area contributed by atoms with Crippen LogP contribution in [-0.4, -0.2) is 11.9 Å². The van der Waals surface area contributed by atoms with Gasteiger partial charge in [-0.2, -0.15) is 0 Å². The molecule has 1 amide bonds. The Labute approximate surface area is 109 Å². The lowest BCUT2D eigenvalue weighted by molar-refractivity contribution is -0.123. The number of carbonyl (C=O) groups is 1. The molecule has 0 heterocycles. The van der Waals surface area contributed by atoms with Crippen molar-refractivity contribution in [2.24, 2.45) is 5.92 Å². The van der Waals surface area contributed by atoms with Crippen LogP contribution in [0.15, 0.2) is 30.3 Å². The fourth-order valence-corrected chi connectivity index (χ4v) is 3.11. The summed E-state index contributed by atoms with van der Waals surface area (Å²) in [4.78, 5) is 12.1. The summed E-state index contributed by atoms with van der Waals surface area (Å²) in [7, 11) is 0. The van der Waals surface area contributed by atoms with Crippen LogP contribution in [0.1, 0.15) is 50.0 Å². The van der Waals surface area contributed by atoms with E-state index in [9.17, 15) is 4.79 Å². The highest BCUT2D eigenvalue weighted by Crippen LogP contribution is 2.47. The third-order valence-corrected chi connectivity index (χ3v) is 4.31. The van der Waals surface area contributed by atoms with Gasteiger partial charge in [-0.1, -0.05) is 49.6 Å². The highest BCUT2D eigenvalue weighted by atomic mass is 16.2. The van der Waals surface area contributed by atoms with Gasteiger partial charge in [0, 0.05) is 12.0 Å². The summed E-state index contributed by atoms with van der Waals surface area (Å²) in [6.07, 6.45) is 7.27. The summed E-state index contributed by atoms with van der Waals surface area (Å²) in [6, 6.07) is 10.9. The minimum Gasteiger partial charge on any atom is -0.353 e. The van der Waals surface area contributed by atoms with Gasteiger partial charge >= 0.3 is 0 Å². The van der Waals surface area contributed by atoms with Gasteiger partial charge in [-0.05, 0) is 30.7 Å². The van der Waals surface area contributed by atoms with E-state index in [1.165, 1.54) is 37.7 Å². The largest absolute Gasteiger partial charge is 0.353 e. The quantitative estimate of drug-likeness (QED) is 0.867. The van der Waals surface area contributed by atoms with Crippen LogP contribution in [0.3, 0.4) is 0 Å². The molecular weight excluding hydrogens is 222 g/mol. The van der Waals surface area contributed by atoms with E-state index in [0.717, 1.165) is 6.42 Å². The molecule has 1 aromatic carbocycles. The molecule has 2 saturated carbocycles. The van der Waals surface area contributed by atoms with Crippen molar-refractivity contribution in [3.05, 3.63) is 35.9 Å². The average Bonchev–Trinajstić information content (AvgIpc) is 3.21. The minimum atomic E-state index is 0.231. The third kappa shape index (κ3) is 2.58. The van der Waals surface area contributed by atoms with Crippen molar-refractivity contribution >= 4 is 5.91 Å². The molecule has 2 fully saturated rings. The van der Waals surface area contributed by atoms with Crippen LogP contribution >= 0.6 is 0 Å². The van der Waals surface area contributed by atoms with E-state index < -0.39 is 0 Å². The zero-order chi connectivity index (χ0) is 12.4. The van der Waals surface area contributed by atoms with E-state index in [2.05, 4.69) is 29.6 Å². The maximum absolute atomic E-state index is 12.1. The molecule has 0 saturated heterocycles. The normalized spacial score (nSPS) is 27.8. The maximum Gasteiger partial charge on any atom is 0.223 e. The van der Waals surface area contributed by atoms with Crippen LogP contribution in [0.2, 0.25) is 0 Å². The number of hydrogen-bond donors (Lipinski definition) is 1. The molecule has 0 spiro atoms. The first kappa shape index (κ1) is 11.8. The Balaban J connectivity index is 1.53. The molecule has 2 aliphatic carbocycles. The molecule has 0 radical (unpaired) electrons. The van der Waals surface area contributed by atoms with Gasteiger partial charge in [0.25, 0.3) is 0 Å². The molecule has 0 unspecified atom stereocenters. The zero-order valence-electron chi connectivity index (χ0n) is 10.8. The van der Waals surface area contributed by atoms with Crippen molar-refractivity contribution in [1.82, 2.24) is 5.32 Å². The molecule has 2 aliphatic rings. The van der Waals surface area contributed by atoms with E-state index in [-0.39, 0.29) is 11.8 Å². The first-order chi connectivity index (χ1) is 8.84. The SMILES string of the molecule is O=C(NC1CCCCC1)[C@@H]1C[C@H]1c1ccccc1. The topological polar surface area (TPSA) is 29.1 Å². The van der Waals surface area contributed by atoms with Gasteiger partial charge in [0.2, 0.25) is 5.91 Å². The molecule has 96 valence electrons. The van der Waals surface area contributed by atoms with Crippen LogP contribution in [0, 0.1) is 5.92 Å². The van der Waals surface area contributed by atoms with Crippen LogP contribution < -0.4 is 5.32 Å². The number of rotatable bonds is 3. The number of benzene rings is 1. The van der Waals surface area contributed by atoms with E-state index >= 15 is 0 Å². The lowest BCUT2D eigenvalue weighted by Crippen LogP contribution is -2.37. The second-order valence-electron chi connectivity index (χ2n) is 5.70. The van der Waals surface area contributed by atoms with Crippen molar-refractivity contribution in [2.75, 3.05) is 0 Å². The first-order valence-electron chi connectivity index (χ1n) is 7.20. The number of nitrogens with one attached hydrogen (secondary N) is 1. The molecule has 0 aromatic heterocycles. The van der Waals surface area contributed by atoms with E-state index in [1.807, 2.05) is 6.07 Å². The Bertz CT molecular complexity index is 408. The maximum atomic E-state index is 12.1. The summed E-state index contributed by atoms with van der Waals surface area (Å²) in [5.74, 6) is 0.986. The van der Waals surface area contributed by atoms with Crippen molar-refractivity contribution in [3.63, 3.8) is 0 Å². The Hall–Kier alpha value is -1.31. The second kappa shape index (κ2) is 5.13. The molecular formula is C16H21NO. The number of amides is 1. The Morgan fingerprint density at radius 2 is 1.78 bits per heavy atom. The molecule has 2 atom stereocenters. The highest BCUT2D eigenvalue weighted by molar-refractivity contribution is 5.83. The van der Waals surface area contributed by atoms with Crippen LogP contribution in [0.5, 0.6) is 0 Å². The van der Waals surface area contributed by atoms with Crippen molar-refractivity contribution in [3.8, 4) is 0 Å². The third-order valence-electron chi connectivity index (χ3n) is 4.31. The fourth-order valence-electron chi connectivity index (χ4n) is 3.11. The van der Waals surface area contributed by atoms with Crippen LogP contribution in [-0.2, 0) is 4.79 Å². The second-order valence-corrected chi connectivity index (χ2v) is 5.70. The van der Waals surface area contributed by atoms with Gasteiger partial charge in [-0.3, -0.25) is 4.79 Å². The molecule has 18 heavy (non-hydrogen) atoms. The Kier molecular flexibility index (Phi) is 3.35. The summed E-state index contributed by atoms with van der Waals surface area (Å²) in [5.41, 5.74) is 1.32. The van der Waals surface area contributed by atoms with Gasteiger partial charge in [0.15, 0.2) is 0 Å². The first-order valence-corrected chi connectivity index (χ1v) is 7.20. The molecule has 3 rings (SSSR count). The fraction of sp³-hybridized carbons (Fsp3) is 0.562. The molecule has 1 N–H and O–H groups in total. The lowest BCUT2D eigenvalue weighted by Gasteiger charge is -2.22. The van der Waals surface area contributed by atoms with Gasteiger partial charge in [0.05, 0.1) is 0 Å². The van der Waals surface area contributed by atoms with E-state index in [0.29, 0.717) is 12.0 Å². The summed E-state index contributed by atoms with van der Waals surface area (Å²) >= 11 is 0. The van der Waals surface area contributed by atoms with Gasteiger partial charge in [-0.15, -0.1) is 0 Å². The average molecular weight is 243 g/mol. The molecule has 0 bridgehead atoms. The van der Waals surface area contributed by atoms with Gasteiger partial charge in [0.1, 0.15) is 0 Å². The van der Waals surface area contributed by atoms with Gasteiger partial charge in [-0.25, -0.2) is 0 Å². The predicted molar refractivity (Wildman–Crippen MR) is 72.3 cm³/mol. The molecule has 1 aromatic rings. The minimum absolute atomic E-state index is 0.231. The van der Waals surface area contributed by atoms with Crippen LogP contribution in [0.25, 0.3) is 0 Å². The Morgan fingerprint density at radius 3 is 2.50 bits per heavy atom. The predicted octanol–water partition coefficient (Wildman–Crippen LogP) is 3.24. The van der Waals surface area contributed by atoms with Crippen molar-refractivity contribution in [2.45, 2.75) is 50.5 Å². The smallest absolute Gasteiger partial charge is 0.223 e. The summed E-state index contributed by atoms with van der Waals surface area (Å²) in [6.45, 7) is 0. The molecule has 2 nitrogen and oxygen atoms in total. The highest BCUT2D eigenvalue weighted by Gasteiger charge is 2.44. The summed E-state index contributed by atoms with van der Waals surface area (Å²) in [5, 5.41) is 3.24. The summed E-state index contributed by atoms with van der Waals surface area (Å²) < 4.78 is 0. The lowest BCUT2D eigenvalue weighted by atomic mass is 9.95. The number of hydrogen-bond acceptors (Lipinski definition) is 1. The monoisotopic (exact) mass is 243 g/mol. The molecule has 2 heteroatoms. The Morgan fingerprint density at radius 1 is 1.06 bits per heavy atom. The van der Waals surface area contributed by atoms with Crippen molar-refractivity contribution in [1.29, 1.82) is 0 Å². The van der Waals surface area contributed by atoms with Gasteiger partial charge < -0.3 is 5.32 Å². The zero-order valence-corrected chi connectivity index (χ0v) is 10.8. The number of carbonyl (C=O) groups excluding carboxylic acids is 1. The van der Waals surface area contributed by atoms with E-state index in [1.54, 1.807) is 0 Å².